The zero-order chi connectivity index (χ0) is 21.2. The van der Waals surface area contributed by atoms with E-state index in [-0.39, 0.29) is 42.2 Å². The first kappa shape index (κ1) is 25.2. The molecular formula is C18H25F2O5PS2. The van der Waals surface area contributed by atoms with Crippen LogP contribution in [0.1, 0.15) is 44.0 Å². The second-order valence-electron chi connectivity index (χ2n) is 5.64. The molecule has 1 aromatic rings. The molecule has 1 aromatic carbocycles. The Bertz CT molecular complexity index is 707. The predicted molar refractivity (Wildman–Crippen MR) is 111 cm³/mol. The van der Waals surface area contributed by atoms with Gasteiger partial charge in [-0.25, -0.2) is 8.78 Å². The van der Waals surface area contributed by atoms with Crippen LogP contribution in [0.3, 0.4) is 0 Å². The number of carbonyl (C=O) groups is 1. The maximum absolute atomic E-state index is 13.8. The molecule has 0 radical (unpaired) electrons. The molecule has 28 heavy (non-hydrogen) atoms. The van der Waals surface area contributed by atoms with E-state index in [1.165, 1.54) is 0 Å². The van der Waals surface area contributed by atoms with Gasteiger partial charge in [0.1, 0.15) is 11.6 Å². The number of ketones is 1. The Morgan fingerprint density at radius 3 is 2.36 bits per heavy atom. The van der Waals surface area contributed by atoms with Crippen molar-refractivity contribution >= 4 is 41.7 Å². The van der Waals surface area contributed by atoms with Gasteiger partial charge in [-0.3, -0.25) is 9.36 Å². The minimum Gasteiger partial charge on any atom is -0.479 e. The fraction of sp³-hybridized carbons (Fsp3) is 0.556. The van der Waals surface area contributed by atoms with Gasteiger partial charge in [-0.1, -0.05) is 11.8 Å². The molecule has 158 valence electrons. The van der Waals surface area contributed by atoms with Gasteiger partial charge in [-0.05, 0) is 51.5 Å². The van der Waals surface area contributed by atoms with Crippen LogP contribution in [0.4, 0.5) is 8.78 Å². The Morgan fingerprint density at radius 2 is 1.82 bits per heavy atom. The van der Waals surface area contributed by atoms with Crippen molar-refractivity contribution in [3.05, 3.63) is 35.4 Å². The number of thiocarbonyl (C=S) groups is 1. The lowest BCUT2D eigenvalue weighted by Gasteiger charge is -2.22. The largest absolute Gasteiger partial charge is 0.479 e. The molecule has 0 saturated carbocycles. The van der Waals surface area contributed by atoms with Gasteiger partial charge in [0.05, 0.1) is 31.5 Å². The van der Waals surface area contributed by atoms with Gasteiger partial charge in [0.25, 0.3) is 0 Å². The lowest BCUT2D eigenvalue weighted by atomic mass is 10.1. The van der Waals surface area contributed by atoms with E-state index in [1.807, 2.05) is 0 Å². The van der Waals surface area contributed by atoms with Gasteiger partial charge in [0.2, 0.25) is 4.38 Å². The van der Waals surface area contributed by atoms with Crippen molar-refractivity contribution in [2.45, 2.75) is 38.9 Å². The molecule has 0 fully saturated rings. The standard InChI is InChI=1S/C18H25F2O5PS2/c1-4-23-18(27)28-14(12-26(22,24-5-2)25-6-3)8-10-17(21)15-9-7-13(19)11-16(15)20/h7,9,11,14H,4-6,8,10,12H2,1-3H3. The Kier molecular flexibility index (Phi) is 11.4. The van der Waals surface area contributed by atoms with Crippen LogP contribution in [0, 0.1) is 11.6 Å². The summed E-state index contributed by atoms with van der Waals surface area (Å²) >= 11 is 6.30. The fourth-order valence-electron chi connectivity index (χ4n) is 2.40. The molecule has 0 spiro atoms. The number of rotatable bonds is 12. The van der Waals surface area contributed by atoms with E-state index in [4.69, 9.17) is 26.0 Å². The SMILES string of the molecule is CCOC(=S)SC(CCC(=O)c1ccc(F)cc1F)CP(=O)(OCC)OCC. The number of hydrogen-bond acceptors (Lipinski definition) is 7. The monoisotopic (exact) mass is 454 g/mol. The summed E-state index contributed by atoms with van der Waals surface area (Å²) in [5.74, 6) is -2.14. The van der Waals surface area contributed by atoms with Crippen LogP contribution in [0.2, 0.25) is 0 Å². The van der Waals surface area contributed by atoms with Gasteiger partial charge in [0.15, 0.2) is 5.78 Å². The Hall–Kier alpha value is -0.860. The first-order chi connectivity index (χ1) is 13.2. The molecule has 0 saturated heterocycles. The number of Topliss-reactive ketones (excluding diaryl/α,β-unsaturated/α-hetero) is 1. The molecule has 1 atom stereocenters. The molecule has 1 unspecified atom stereocenters. The summed E-state index contributed by atoms with van der Waals surface area (Å²) in [5, 5.41) is -0.393. The van der Waals surface area contributed by atoms with E-state index in [0.717, 1.165) is 23.9 Å². The molecular weight excluding hydrogens is 429 g/mol. The lowest BCUT2D eigenvalue weighted by molar-refractivity contribution is 0.0975. The van der Waals surface area contributed by atoms with Crippen molar-refractivity contribution in [3.8, 4) is 0 Å². The highest BCUT2D eigenvalue weighted by Gasteiger charge is 2.30. The summed E-state index contributed by atoms with van der Waals surface area (Å²) < 4.78 is 55.8. The normalized spacial score (nSPS) is 12.6. The van der Waals surface area contributed by atoms with Crippen LogP contribution in [0.5, 0.6) is 0 Å². The van der Waals surface area contributed by atoms with E-state index in [1.54, 1.807) is 20.8 Å². The average molecular weight is 454 g/mol. The molecule has 0 aliphatic rings. The molecule has 0 aromatic heterocycles. The van der Waals surface area contributed by atoms with Crippen molar-refractivity contribution in [2.75, 3.05) is 26.0 Å². The Morgan fingerprint density at radius 1 is 1.18 bits per heavy atom. The summed E-state index contributed by atoms with van der Waals surface area (Å²) in [5.41, 5.74) is -0.185. The van der Waals surface area contributed by atoms with Crippen LogP contribution in [-0.2, 0) is 18.3 Å². The summed E-state index contributed by atoms with van der Waals surface area (Å²) in [6.45, 7) is 6.01. The van der Waals surface area contributed by atoms with Gasteiger partial charge in [-0.15, -0.1) is 0 Å². The van der Waals surface area contributed by atoms with Gasteiger partial charge in [0, 0.05) is 17.7 Å². The summed E-state index contributed by atoms with van der Waals surface area (Å²) in [4.78, 5) is 12.3. The van der Waals surface area contributed by atoms with Gasteiger partial charge >= 0.3 is 7.60 Å². The maximum atomic E-state index is 13.8. The van der Waals surface area contributed by atoms with Crippen molar-refractivity contribution in [2.24, 2.45) is 0 Å². The molecule has 1 rings (SSSR count). The first-order valence-corrected chi connectivity index (χ1v) is 12.0. The third-order valence-corrected chi connectivity index (χ3v) is 7.42. The molecule has 0 amide bonds. The van der Waals surface area contributed by atoms with E-state index in [9.17, 15) is 18.1 Å². The predicted octanol–water partition coefficient (Wildman–Crippen LogP) is 5.62. The second-order valence-corrected chi connectivity index (χ2v) is 9.64. The minimum absolute atomic E-state index is 0.0335. The molecule has 5 nitrogen and oxygen atoms in total. The summed E-state index contributed by atoms with van der Waals surface area (Å²) in [7, 11) is -3.37. The van der Waals surface area contributed by atoms with Crippen molar-refractivity contribution < 1.29 is 31.9 Å². The number of thioether (sulfide) groups is 1. The number of ether oxygens (including phenoxy) is 1. The van der Waals surface area contributed by atoms with Crippen LogP contribution in [-0.4, -0.2) is 41.4 Å². The van der Waals surface area contributed by atoms with Crippen molar-refractivity contribution in [3.63, 3.8) is 0 Å². The van der Waals surface area contributed by atoms with Gasteiger partial charge < -0.3 is 13.8 Å². The second kappa shape index (κ2) is 12.6. The van der Waals surface area contributed by atoms with Crippen LogP contribution >= 0.6 is 31.6 Å². The maximum Gasteiger partial charge on any atom is 0.331 e. The van der Waals surface area contributed by atoms with E-state index >= 15 is 0 Å². The zero-order valence-corrected chi connectivity index (χ0v) is 18.6. The third kappa shape index (κ3) is 8.66. The first-order valence-electron chi connectivity index (χ1n) is 8.94. The fourth-order valence-corrected chi connectivity index (χ4v) is 6.22. The topological polar surface area (TPSA) is 61.8 Å². The van der Waals surface area contributed by atoms with E-state index < -0.39 is 30.3 Å². The van der Waals surface area contributed by atoms with E-state index in [2.05, 4.69) is 0 Å². The molecule has 0 aliphatic carbocycles. The van der Waals surface area contributed by atoms with Crippen molar-refractivity contribution in [1.29, 1.82) is 0 Å². The minimum atomic E-state index is -3.37. The highest BCUT2D eigenvalue weighted by atomic mass is 32.2. The molecule has 10 heteroatoms. The van der Waals surface area contributed by atoms with Crippen LogP contribution < -0.4 is 0 Å². The molecule has 0 bridgehead atoms. The summed E-state index contributed by atoms with van der Waals surface area (Å²) in [6, 6.07) is 2.82. The number of halogens is 2. The molecule has 0 heterocycles. The quantitative estimate of drug-likeness (QED) is 0.231. The van der Waals surface area contributed by atoms with Crippen LogP contribution in [0.25, 0.3) is 0 Å². The average Bonchev–Trinajstić information content (AvgIpc) is 2.60. The van der Waals surface area contributed by atoms with Gasteiger partial charge in [-0.2, -0.15) is 0 Å². The van der Waals surface area contributed by atoms with Crippen LogP contribution in [0.15, 0.2) is 18.2 Å². The number of hydrogen-bond donors (Lipinski definition) is 0. The summed E-state index contributed by atoms with van der Waals surface area (Å²) in [6.07, 6.45) is 0.247. The molecule has 0 N–H and O–H groups in total. The lowest BCUT2D eigenvalue weighted by Crippen LogP contribution is -2.17. The van der Waals surface area contributed by atoms with E-state index in [0.29, 0.717) is 12.7 Å². The smallest absolute Gasteiger partial charge is 0.331 e. The number of carbonyl (C=O) groups excluding carboxylic acids is 1. The zero-order valence-electron chi connectivity index (χ0n) is 16.1. The molecule has 0 aliphatic heterocycles. The third-order valence-electron chi connectivity index (χ3n) is 3.53. The Labute approximate surface area is 174 Å². The number of benzene rings is 1. The highest BCUT2D eigenvalue weighted by molar-refractivity contribution is 8.23. The Balaban J connectivity index is 2.87. The highest BCUT2D eigenvalue weighted by Crippen LogP contribution is 2.50. The van der Waals surface area contributed by atoms with Crippen molar-refractivity contribution in [1.82, 2.24) is 0 Å².